The number of benzene rings is 1. The van der Waals surface area contributed by atoms with Gasteiger partial charge in [-0.2, -0.15) is 0 Å². The maximum Gasteiger partial charge on any atom is 0.325 e. The highest BCUT2D eigenvalue weighted by Crippen LogP contribution is 2.46. The number of urea groups is 1. The van der Waals surface area contributed by atoms with Gasteiger partial charge in [-0.3, -0.25) is 24.4 Å². The first-order valence-electron chi connectivity index (χ1n) is 12.6. The second kappa shape index (κ2) is 8.90. The van der Waals surface area contributed by atoms with Crippen LogP contribution in [0.25, 0.3) is 10.9 Å². The van der Waals surface area contributed by atoms with Crippen LogP contribution in [0.4, 0.5) is 4.79 Å². The smallest absolute Gasteiger partial charge is 0.325 e. The third kappa shape index (κ3) is 4.63. The molecule has 1 aliphatic carbocycles. The van der Waals surface area contributed by atoms with Gasteiger partial charge in [-0.15, -0.1) is 0 Å². The Balaban J connectivity index is 1.19. The lowest BCUT2D eigenvalue weighted by atomic mass is 9.64. The number of para-hydroxylation sites is 1. The highest BCUT2D eigenvalue weighted by molar-refractivity contribution is 6.09. The molecular weight excluding hydrogens is 442 g/mol. The molecule has 8 nitrogen and oxygen atoms in total. The molecule has 8 heteroatoms. The van der Waals surface area contributed by atoms with Gasteiger partial charge in [0.25, 0.3) is 5.91 Å². The zero-order valence-electron chi connectivity index (χ0n) is 20.9. The molecule has 35 heavy (non-hydrogen) atoms. The molecule has 2 unspecified atom stereocenters. The quantitative estimate of drug-likeness (QED) is 0.685. The largest absolute Gasteiger partial charge is 0.339 e. The molecular formula is C27H35N5O3. The lowest BCUT2D eigenvalue weighted by molar-refractivity contribution is -0.141. The Morgan fingerprint density at radius 1 is 1.09 bits per heavy atom. The van der Waals surface area contributed by atoms with Crippen LogP contribution in [0.1, 0.15) is 45.6 Å². The van der Waals surface area contributed by atoms with Crippen molar-refractivity contribution >= 4 is 28.7 Å². The summed E-state index contributed by atoms with van der Waals surface area (Å²) < 4.78 is 0. The molecule has 1 aromatic carbocycles. The zero-order chi connectivity index (χ0) is 24.8. The zero-order valence-corrected chi connectivity index (χ0v) is 20.9. The number of imide groups is 1. The number of carbonyl (C=O) groups is 3. The average molecular weight is 478 g/mol. The molecule has 186 valence electrons. The van der Waals surface area contributed by atoms with E-state index in [4.69, 9.17) is 0 Å². The molecule has 5 rings (SSSR count). The maximum atomic E-state index is 13.4. The summed E-state index contributed by atoms with van der Waals surface area (Å²) in [5.41, 5.74) is 1.29. The number of hydrogen-bond acceptors (Lipinski definition) is 5. The molecule has 3 aliphatic rings. The van der Waals surface area contributed by atoms with Crippen molar-refractivity contribution in [2.75, 3.05) is 32.7 Å². The van der Waals surface area contributed by atoms with E-state index in [-0.39, 0.29) is 23.8 Å². The van der Waals surface area contributed by atoms with Crippen LogP contribution in [-0.4, -0.2) is 75.8 Å². The van der Waals surface area contributed by atoms with Crippen LogP contribution in [-0.2, 0) is 16.1 Å². The molecule has 0 radical (unpaired) electrons. The molecule has 3 fully saturated rings. The molecule has 4 amide bonds. The Bertz CT molecular complexity index is 1150. The molecule has 1 saturated carbocycles. The Morgan fingerprint density at radius 2 is 1.83 bits per heavy atom. The molecule has 2 atom stereocenters. The predicted molar refractivity (Wildman–Crippen MR) is 133 cm³/mol. The Hall–Kier alpha value is -3.00. The minimum absolute atomic E-state index is 0.0312. The molecule has 1 spiro atoms. The van der Waals surface area contributed by atoms with Gasteiger partial charge < -0.3 is 10.2 Å². The van der Waals surface area contributed by atoms with Crippen LogP contribution in [0.5, 0.6) is 0 Å². The van der Waals surface area contributed by atoms with Crippen LogP contribution in [0, 0.1) is 11.3 Å². The maximum absolute atomic E-state index is 13.4. The molecule has 2 saturated heterocycles. The van der Waals surface area contributed by atoms with Gasteiger partial charge in [0.05, 0.1) is 5.52 Å². The van der Waals surface area contributed by atoms with Crippen molar-refractivity contribution in [1.82, 2.24) is 25.0 Å². The van der Waals surface area contributed by atoms with Gasteiger partial charge in [0.1, 0.15) is 12.1 Å². The van der Waals surface area contributed by atoms with Crippen molar-refractivity contribution in [3.63, 3.8) is 0 Å². The third-order valence-corrected chi connectivity index (χ3v) is 7.75. The molecule has 2 aromatic rings. The van der Waals surface area contributed by atoms with E-state index in [1.165, 1.54) is 5.56 Å². The normalized spacial score (nSPS) is 27.0. The number of nitrogens with zero attached hydrogens (tertiary/aromatic N) is 4. The number of carbonyl (C=O) groups excluding carboxylic acids is 3. The Kier molecular flexibility index (Phi) is 6.03. The predicted octanol–water partition coefficient (Wildman–Crippen LogP) is 3.02. The fraction of sp³-hybridized carbons (Fsp3) is 0.556. The SMILES string of the molecule is CC1CC(C)(C)CC2(C1)NC(=O)N(CC(=O)N1CCN(Cc3cccc4cccnc34)CC1)C2=O. The summed E-state index contributed by atoms with van der Waals surface area (Å²) in [6, 6.07) is 9.80. The number of fused-ring (bicyclic) bond motifs is 1. The number of rotatable bonds is 4. The number of hydrogen-bond donors (Lipinski definition) is 1. The van der Waals surface area contributed by atoms with Crippen molar-refractivity contribution in [2.24, 2.45) is 11.3 Å². The highest BCUT2D eigenvalue weighted by Gasteiger charge is 2.56. The average Bonchev–Trinajstić information content (AvgIpc) is 3.01. The highest BCUT2D eigenvalue weighted by atomic mass is 16.2. The van der Waals surface area contributed by atoms with E-state index < -0.39 is 11.6 Å². The van der Waals surface area contributed by atoms with Crippen LogP contribution >= 0.6 is 0 Å². The summed E-state index contributed by atoms with van der Waals surface area (Å²) in [5.74, 6) is -0.0682. The van der Waals surface area contributed by atoms with Crippen LogP contribution < -0.4 is 5.32 Å². The molecule has 3 heterocycles. The molecule has 1 aromatic heterocycles. The second-order valence-electron chi connectivity index (χ2n) is 11.4. The third-order valence-electron chi connectivity index (χ3n) is 7.75. The summed E-state index contributed by atoms with van der Waals surface area (Å²) in [6.45, 7) is 9.65. The van der Waals surface area contributed by atoms with E-state index in [2.05, 4.69) is 60.2 Å². The van der Waals surface area contributed by atoms with E-state index in [9.17, 15) is 14.4 Å². The van der Waals surface area contributed by atoms with Crippen molar-refractivity contribution in [3.8, 4) is 0 Å². The van der Waals surface area contributed by atoms with Crippen molar-refractivity contribution < 1.29 is 14.4 Å². The topological polar surface area (TPSA) is 85.8 Å². The number of pyridine rings is 1. The van der Waals surface area contributed by atoms with E-state index in [1.807, 2.05) is 12.3 Å². The van der Waals surface area contributed by atoms with Crippen molar-refractivity contribution in [1.29, 1.82) is 0 Å². The lowest BCUT2D eigenvalue weighted by Crippen LogP contribution is -2.55. The van der Waals surface area contributed by atoms with E-state index in [0.29, 0.717) is 31.8 Å². The lowest BCUT2D eigenvalue weighted by Gasteiger charge is -2.43. The van der Waals surface area contributed by atoms with Gasteiger partial charge in [-0.05, 0) is 42.2 Å². The van der Waals surface area contributed by atoms with E-state index in [0.717, 1.165) is 41.9 Å². The van der Waals surface area contributed by atoms with Gasteiger partial charge in [0.15, 0.2) is 0 Å². The minimum atomic E-state index is -0.871. The van der Waals surface area contributed by atoms with Gasteiger partial charge >= 0.3 is 6.03 Å². The molecule has 1 N–H and O–H groups in total. The monoisotopic (exact) mass is 477 g/mol. The standard InChI is InChI=1S/C27H35N5O3/c1-19-14-26(2,3)18-27(15-19)24(34)32(25(35)29-27)17-22(33)31-12-10-30(11-13-31)16-21-7-4-6-20-8-5-9-28-23(20)21/h4-9,19H,10-18H2,1-3H3,(H,29,35). The second-order valence-corrected chi connectivity index (χ2v) is 11.4. The van der Waals surface area contributed by atoms with Crippen LogP contribution in [0.2, 0.25) is 0 Å². The van der Waals surface area contributed by atoms with Crippen LogP contribution in [0.3, 0.4) is 0 Å². The molecule has 0 bridgehead atoms. The van der Waals surface area contributed by atoms with Crippen molar-refractivity contribution in [3.05, 3.63) is 42.1 Å². The number of aromatic nitrogens is 1. The van der Waals surface area contributed by atoms with E-state index in [1.54, 1.807) is 4.90 Å². The first-order valence-corrected chi connectivity index (χ1v) is 12.6. The summed E-state index contributed by atoms with van der Waals surface area (Å²) in [6.07, 6.45) is 4.09. The summed E-state index contributed by atoms with van der Waals surface area (Å²) in [5, 5.41) is 4.09. The number of nitrogens with one attached hydrogen (secondary N) is 1. The number of amides is 4. The van der Waals surface area contributed by atoms with Gasteiger partial charge in [-0.1, -0.05) is 45.0 Å². The van der Waals surface area contributed by atoms with Crippen molar-refractivity contribution in [2.45, 2.75) is 52.1 Å². The fourth-order valence-corrected chi connectivity index (χ4v) is 6.58. The first kappa shape index (κ1) is 23.7. The first-order chi connectivity index (χ1) is 16.7. The van der Waals surface area contributed by atoms with Crippen LogP contribution in [0.15, 0.2) is 36.5 Å². The molecule has 2 aliphatic heterocycles. The summed E-state index contributed by atoms with van der Waals surface area (Å²) in [4.78, 5) is 49.0. The summed E-state index contributed by atoms with van der Waals surface area (Å²) in [7, 11) is 0. The minimum Gasteiger partial charge on any atom is -0.339 e. The van der Waals surface area contributed by atoms with Gasteiger partial charge in [0.2, 0.25) is 5.91 Å². The summed E-state index contributed by atoms with van der Waals surface area (Å²) >= 11 is 0. The Morgan fingerprint density at radius 3 is 2.57 bits per heavy atom. The van der Waals surface area contributed by atoms with Gasteiger partial charge in [0, 0.05) is 44.3 Å². The van der Waals surface area contributed by atoms with E-state index >= 15 is 0 Å². The fourth-order valence-electron chi connectivity index (χ4n) is 6.58. The Labute approximate surface area is 206 Å². The van der Waals surface area contributed by atoms with Gasteiger partial charge in [-0.25, -0.2) is 4.79 Å². The number of piperazine rings is 1.